The largest absolute Gasteiger partial charge is 0.396 e. The maximum atomic E-state index is 8.78. The highest BCUT2D eigenvalue weighted by Crippen LogP contribution is 2.17. The molecule has 0 amide bonds. The van der Waals surface area contributed by atoms with Crippen molar-refractivity contribution in [2.45, 2.75) is 218 Å². The van der Waals surface area contributed by atoms with Crippen LogP contribution in [0.15, 0.2) is 0 Å². The van der Waals surface area contributed by atoms with Gasteiger partial charge in [0, 0.05) is 12.5 Å². The Morgan fingerprint density at radius 1 is 0.211 bits per heavy atom. The fourth-order valence-electron chi connectivity index (χ4n) is 5.86. The molecule has 0 saturated heterocycles. The second-order valence-corrected chi connectivity index (χ2v) is 12.8. The first-order chi connectivity index (χ1) is 18.9. The molecule has 2 heteroatoms. The summed E-state index contributed by atoms with van der Waals surface area (Å²) in [6.45, 7) is 0.373. The molecule has 0 heterocycles. The fourth-order valence-corrected chi connectivity index (χ4v) is 6.05. The summed E-state index contributed by atoms with van der Waals surface area (Å²) in [6.07, 6.45) is 48.4. The Kier molecular flexibility index (Phi) is 37.5. The van der Waals surface area contributed by atoms with Crippen LogP contribution in [0.5, 0.6) is 0 Å². The van der Waals surface area contributed by atoms with Crippen molar-refractivity contribution in [3.05, 3.63) is 0 Å². The molecule has 0 rings (SSSR count). The lowest BCUT2D eigenvalue weighted by Crippen LogP contribution is -1.85. The number of aliphatic hydroxyl groups is 1. The van der Waals surface area contributed by atoms with Crippen molar-refractivity contribution in [1.82, 2.24) is 0 Å². The van der Waals surface area contributed by atoms with Gasteiger partial charge in [0.2, 0.25) is 0 Å². The molecule has 0 spiro atoms. The van der Waals surface area contributed by atoms with Crippen molar-refractivity contribution in [3.63, 3.8) is 0 Å². The van der Waals surface area contributed by atoms with Crippen LogP contribution in [-0.2, 0) is 0 Å². The van der Waals surface area contributed by atoms with Crippen LogP contribution in [0.4, 0.5) is 0 Å². The molecule has 0 atom stereocenters. The van der Waals surface area contributed by atoms with Crippen LogP contribution in [0.2, 0.25) is 0 Å². The number of alkyl halides is 1. The van der Waals surface area contributed by atoms with Crippen LogP contribution in [0, 0.1) is 0 Å². The molecule has 0 aliphatic rings. The smallest absolute Gasteiger partial charge is 0.0431 e. The first kappa shape index (κ1) is 38.2. The number of rotatable bonds is 35. The van der Waals surface area contributed by atoms with E-state index in [1.165, 1.54) is 212 Å². The molecule has 0 unspecified atom stereocenters. The third-order valence-corrected chi connectivity index (χ3v) is 8.81. The van der Waals surface area contributed by atoms with Crippen LogP contribution >= 0.6 is 11.6 Å². The molecule has 38 heavy (non-hydrogen) atoms. The molecule has 0 radical (unpaired) electrons. The SMILES string of the molecule is OCCCCCCCCCCCCCCCCCCCCCCCCCCCCCCCCCCCCCl. The number of hydrogen-bond acceptors (Lipinski definition) is 1. The van der Waals surface area contributed by atoms with E-state index < -0.39 is 0 Å². The molecule has 0 saturated carbocycles. The molecule has 0 aliphatic heterocycles. The van der Waals surface area contributed by atoms with Gasteiger partial charge in [-0.05, 0) is 12.8 Å². The Labute approximate surface area is 247 Å². The molecule has 1 N–H and O–H groups in total. The van der Waals surface area contributed by atoms with Crippen LogP contribution in [-0.4, -0.2) is 17.6 Å². The maximum Gasteiger partial charge on any atom is 0.0431 e. The number of hydrogen-bond donors (Lipinski definition) is 1. The number of unbranched alkanes of at least 4 members (excludes halogenated alkanes) is 33. The molecular formula is C36H73ClO. The Hall–Kier alpha value is 0.250. The van der Waals surface area contributed by atoms with Crippen LogP contribution < -0.4 is 0 Å². The van der Waals surface area contributed by atoms with Gasteiger partial charge < -0.3 is 5.11 Å². The molecular weight excluding hydrogens is 484 g/mol. The molecule has 0 fully saturated rings. The van der Waals surface area contributed by atoms with E-state index >= 15 is 0 Å². The second-order valence-electron chi connectivity index (χ2n) is 12.4. The van der Waals surface area contributed by atoms with Crippen molar-refractivity contribution >= 4 is 11.6 Å². The summed E-state index contributed by atoms with van der Waals surface area (Å²) < 4.78 is 0. The van der Waals surface area contributed by atoms with Crippen molar-refractivity contribution in [2.75, 3.05) is 12.5 Å². The van der Waals surface area contributed by atoms with Crippen LogP contribution in [0.3, 0.4) is 0 Å². The average molecular weight is 557 g/mol. The van der Waals surface area contributed by atoms with E-state index in [1.54, 1.807) is 0 Å². The lowest BCUT2D eigenvalue weighted by atomic mass is 10.0. The van der Waals surface area contributed by atoms with Crippen molar-refractivity contribution in [1.29, 1.82) is 0 Å². The molecule has 230 valence electrons. The van der Waals surface area contributed by atoms with Crippen LogP contribution in [0.25, 0.3) is 0 Å². The first-order valence-corrected chi connectivity index (χ1v) is 18.6. The minimum atomic E-state index is 0.373. The van der Waals surface area contributed by atoms with E-state index in [-0.39, 0.29) is 0 Å². The quantitative estimate of drug-likeness (QED) is 0.0607. The van der Waals surface area contributed by atoms with E-state index in [2.05, 4.69) is 0 Å². The summed E-state index contributed by atoms with van der Waals surface area (Å²) >= 11 is 5.72. The van der Waals surface area contributed by atoms with Gasteiger partial charge in [0.05, 0.1) is 0 Å². The fraction of sp³-hybridized carbons (Fsp3) is 1.00. The molecule has 1 nitrogen and oxygen atoms in total. The lowest BCUT2D eigenvalue weighted by molar-refractivity contribution is 0.282. The Morgan fingerprint density at radius 3 is 0.474 bits per heavy atom. The minimum Gasteiger partial charge on any atom is -0.396 e. The molecule has 0 aliphatic carbocycles. The van der Waals surface area contributed by atoms with Gasteiger partial charge in [0.1, 0.15) is 0 Å². The highest BCUT2D eigenvalue weighted by Gasteiger charge is 1.97. The van der Waals surface area contributed by atoms with Crippen molar-refractivity contribution in [3.8, 4) is 0 Å². The number of halogens is 1. The predicted molar refractivity (Wildman–Crippen MR) is 175 cm³/mol. The highest BCUT2D eigenvalue weighted by atomic mass is 35.5. The lowest BCUT2D eigenvalue weighted by Gasteiger charge is -2.05. The standard InChI is InChI=1S/C36H73ClO/c37-35-33-31-29-27-25-23-21-19-17-15-13-11-9-7-5-3-1-2-4-6-8-10-12-14-16-18-20-22-24-26-28-30-32-34-36-38/h38H,1-36H2. The summed E-state index contributed by atoms with van der Waals surface area (Å²) in [5.41, 5.74) is 0. The summed E-state index contributed by atoms with van der Waals surface area (Å²) in [4.78, 5) is 0. The summed E-state index contributed by atoms with van der Waals surface area (Å²) in [6, 6.07) is 0. The van der Waals surface area contributed by atoms with E-state index in [9.17, 15) is 0 Å². The minimum absolute atomic E-state index is 0.373. The van der Waals surface area contributed by atoms with Gasteiger partial charge in [0.25, 0.3) is 0 Å². The van der Waals surface area contributed by atoms with Crippen molar-refractivity contribution in [2.24, 2.45) is 0 Å². The zero-order valence-electron chi connectivity index (χ0n) is 26.3. The van der Waals surface area contributed by atoms with E-state index in [4.69, 9.17) is 16.7 Å². The van der Waals surface area contributed by atoms with E-state index in [0.717, 1.165) is 12.3 Å². The molecule has 0 aromatic rings. The summed E-state index contributed by atoms with van der Waals surface area (Å²) in [5, 5.41) is 8.78. The average Bonchev–Trinajstić information content (AvgIpc) is 2.93. The zero-order chi connectivity index (χ0) is 27.5. The zero-order valence-corrected chi connectivity index (χ0v) is 27.0. The third-order valence-electron chi connectivity index (χ3n) is 8.54. The summed E-state index contributed by atoms with van der Waals surface area (Å²) in [7, 11) is 0. The Balaban J connectivity index is 3.01. The van der Waals surface area contributed by atoms with E-state index in [1.807, 2.05) is 0 Å². The maximum absolute atomic E-state index is 8.78. The summed E-state index contributed by atoms with van der Waals surface area (Å²) in [5.74, 6) is 0.844. The predicted octanol–water partition coefficient (Wildman–Crippen LogP) is 13.5. The van der Waals surface area contributed by atoms with E-state index in [0.29, 0.717) is 6.61 Å². The molecule has 0 aromatic heterocycles. The van der Waals surface area contributed by atoms with Gasteiger partial charge in [-0.25, -0.2) is 0 Å². The van der Waals surface area contributed by atoms with Gasteiger partial charge in [-0.2, -0.15) is 0 Å². The first-order valence-electron chi connectivity index (χ1n) is 18.1. The van der Waals surface area contributed by atoms with Crippen LogP contribution in [0.1, 0.15) is 218 Å². The Morgan fingerprint density at radius 2 is 0.342 bits per heavy atom. The second kappa shape index (κ2) is 37.2. The highest BCUT2D eigenvalue weighted by molar-refractivity contribution is 6.17. The third kappa shape index (κ3) is 36.2. The van der Waals surface area contributed by atoms with Gasteiger partial charge in [-0.1, -0.05) is 205 Å². The van der Waals surface area contributed by atoms with Crippen molar-refractivity contribution < 1.29 is 5.11 Å². The van der Waals surface area contributed by atoms with Gasteiger partial charge in [-0.15, -0.1) is 11.6 Å². The molecule has 0 aromatic carbocycles. The Bertz CT molecular complexity index is 350. The van der Waals surface area contributed by atoms with Gasteiger partial charge in [0.15, 0.2) is 0 Å². The normalized spacial score (nSPS) is 11.5. The molecule has 0 bridgehead atoms. The monoisotopic (exact) mass is 557 g/mol. The number of aliphatic hydroxyl groups excluding tert-OH is 1. The topological polar surface area (TPSA) is 20.2 Å². The van der Waals surface area contributed by atoms with Gasteiger partial charge in [-0.3, -0.25) is 0 Å². The van der Waals surface area contributed by atoms with Gasteiger partial charge >= 0.3 is 0 Å².